The minimum atomic E-state index is 0.363. The molecule has 1 atom stereocenters. The van der Waals surface area contributed by atoms with E-state index in [1.807, 2.05) is 6.07 Å². The SMILES string of the molecule is COc1ccc(NC(N)=NCc2ccccc2CN2CCCCC2C)cc1Cl. The Morgan fingerprint density at radius 2 is 2.04 bits per heavy atom. The number of hydrogen-bond acceptors (Lipinski definition) is 3. The van der Waals surface area contributed by atoms with Crippen molar-refractivity contribution >= 4 is 23.2 Å². The summed E-state index contributed by atoms with van der Waals surface area (Å²) in [6, 6.07) is 14.5. The molecule has 2 aromatic rings. The maximum atomic E-state index is 6.16. The van der Waals surface area contributed by atoms with E-state index in [0.717, 1.165) is 12.2 Å². The molecule has 1 heterocycles. The van der Waals surface area contributed by atoms with Crippen molar-refractivity contribution in [3.8, 4) is 5.75 Å². The van der Waals surface area contributed by atoms with E-state index in [4.69, 9.17) is 22.1 Å². The average molecular weight is 401 g/mol. The van der Waals surface area contributed by atoms with Crippen LogP contribution < -0.4 is 15.8 Å². The fraction of sp³-hybridized carbons (Fsp3) is 0.409. The minimum Gasteiger partial charge on any atom is -0.495 e. The molecule has 0 aliphatic carbocycles. The third kappa shape index (κ3) is 5.40. The highest BCUT2D eigenvalue weighted by Crippen LogP contribution is 2.27. The normalized spacial score (nSPS) is 18.1. The van der Waals surface area contributed by atoms with Crippen molar-refractivity contribution in [3.63, 3.8) is 0 Å². The highest BCUT2D eigenvalue weighted by Gasteiger charge is 2.19. The first kappa shape index (κ1) is 20.5. The van der Waals surface area contributed by atoms with Gasteiger partial charge in [-0.2, -0.15) is 0 Å². The van der Waals surface area contributed by atoms with Gasteiger partial charge >= 0.3 is 0 Å². The van der Waals surface area contributed by atoms with Gasteiger partial charge in [0.1, 0.15) is 5.75 Å². The standard InChI is InChI=1S/C22H29ClN4O/c1-16-7-5-6-12-27(16)15-18-9-4-3-8-17(18)14-25-22(24)26-19-10-11-21(28-2)20(23)13-19/h3-4,8-11,13,16H,5-7,12,14-15H2,1-2H3,(H3,24,25,26). The lowest BCUT2D eigenvalue weighted by atomic mass is 10.0. The van der Waals surface area contributed by atoms with E-state index in [2.05, 4.69) is 46.4 Å². The zero-order valence-electron chi connectivity index (χ0n) is 16.6. The number of methoxy groups -OCH3 is 1. The van der Waals surface area contributed by atoms with E-state index in [1.54, 1.807) is 19.2 Å². The van der Waals surface area contributed by atoms with Crippen molar-refractivity contribution < 1.29 is 4.74 Å². The molecule has 1 unspecified atom stereocenters. The van der Waals surface area contributed by atoms with E-state index in [1.165, 1.54) is 36.9 Å². The van der Waals surface area contributed by atoms with Crippen LogP contribution in [0.3, 0.4) is 0 Å². The molecule has 1 aliphatic heterocycles. The molecule has 3 rings (SSSR count). The van der Waals surface area contributed by atoms with Gasteiger partial charge in [0.25, 0.3) is 0 Å². The summed E-state index contributed by atoms with van der Waals surface area (Å²) in [5, 5.41) is 3.62. The Labute approximate surface area is 172 Å². The molecule has 28 heavy (non-hydrogen) atoms. The topological polar surface area (TPSA) is 62.9 Å². The predicted octanol–water partition coefficient (Wildman–Crippen LogP) is 4.65. The smallest absolute Gasteiger partial charge is 0.193 e. The van der Waals surface area contributed by atoms with Gasteiger partial charge in [0.2, 0.25) is 0 Å². The second-order valence-corrected chi connectivity index (χ2v) is 7.67. The maximum Gasteiger partial charge on any atom is 0.193 e. The van der Waals surface area contributed by atoms with Gasteiger partial charge in [-0.3, -0.25) is 4.90 Å². The summed E-state index contributed by atoms with van der Waals surface area (Å²) in [5.41, 5.74) is 9.39. The molecular formula is C22H29ClN4O. The monoisotopic (exact) mass is 400 g/mol. The predicted molar refractivity (Wildman–Crippen MR) is 117 cm³/mol. The molecule has 0 spiro atoms. The summed E-state index contributed by atoms with van der Waals surface area (Å²) in [5.74, 6) is 0.992. The van der Waals surface area contributed by atoms with Crippen LogP contribution in [0, 0.1) is 0 Å². The third-order valence-corrected chi connectivity index (χ3v) is 5.57. The zero-order chi connectivity index (χ0) is 19.9. The molecule has 3 N–H and O–H groups in total. The third-order valence-electron chi connectivity index (χ3n) is 5.28. The number of guanidine groups is 1. The van der Waals surface area contributed by atoms with Crippen molar-refractivity contribution in [3.05, 3.63) is 58.6 Å². The zero-order valence-corrected chi connectivity index (χ0v) is 17.4. The van der Waals surface area contributed by atoms with Gasteiger partial charge in [0, 0.05) is 18.3 Å². The molecule has 1 aliphatic rings. The van der Waals surface area contributed by atoms with Crippen molar-refractivity contribution in [1.29, 1.82) is 0 Å². The molecular weight excluding hydrogens is 372 g/mol. The number of nitrogens with zero attached hydrogens (tertiary/aromatic N) is 2. The van der Waals surface area contributed by atoms with Crippen molar-refractivity contribution in [2.45, 2.75) is 45.3 Å². The molecule has 150 valence electrons. The Bertz CT molecular complexity index is 824. The molecule has 0 aromatic heterocycles. The molecule has 2 aromatic carbocycles. The molecule has 1 fully saturated rings. The summed E-state index contributed by atoms with van der Waals surface area (Å²) in [4.78, 5) is 7.09. The van der Waals surface area contributed by atoms with Gasteiger partial charge in [-0.15, -0.1) is 0 Å². The second-order valence-electron chi connectivity index (χ2n) is 7.26. The van der Waals surface area contributed by atoms with Crippen LogP contribution in [0.15, 0.2) is 47.5 Å². The Kier molecular flexibility index (Phi) is 7.18. The molecule has 0 saturated carbocycles. The Hall–Kier alpha value is -2.24. The summed E-state index contributed by atoms with van der Waals surface area (Å²) < 4.78 is 5.17. The van der Waals surface area contributed by atoms with Gasteiger partial charge in [0.05, 0.1) is 18.7 Å². The van der Waals surface area contributed by atoms with Gasteiger partial charge in [0.15, 0.2) is 5.96 Å². The first-order chi connectivity index (χ1) is 13.6. The molecule has 5 nitrogen and oxygen atoms in total. The summed E-state index contributed by atoms with van der Waals surface area (Å²) in [6.07, 6.45) is 3.90. The van der Waals surface area contributed by atoms with Crippen LogP contribution in [0.1, 0.15) is 37.3 Å². The minimum absolute atomic E-state index is 0.363. The number of anilines is 1. The number of nitrogens with one attached hydrogen (secondary N) is 1. The number of halogens is 1. The maximum absolute atomic E-state index is 6.16. The lowest BCUT2D eigenvalue weighted by molar-refractivity contribution is 0.152. The fourth-order valence-electron chi connectivity index (χ4n) is 3.58. The molecule has 6 heteroatoms. The lowest BCUT2D eigenvalue weighted by Gasteiger charge is -2.33. The number of piperidine rings is 1. The van der Waals surface area contributed by atoms with Crippen LogP contribution in [0.5, 0.6) is 5.75 Å². The van der Waals surface area contributed by atoms with Crippen molar-refractivity contribution in [1.82, 2.24) is 4.90 Å². The highest BCUT2D eigenvalue weighted by molar-refractivity contribution is 6.32. The molecule has 0 amide bonds. The van der Waals surface area contributed by atoms with Gasteiger partial charge in [-0.25, -0.2) is 4.99 Å². The first-order valence-corrected chi connectivity index (χ1v) is 10.2. The quantitative estimate of drug-likeness (QED) is 0.547. The van der Waals surface area contributed by atoms with Crippen LogP contribution >= 0.6 is 11.6 Å². The number of nitrogens with two attached hydrogens (primary N) is 1. The average Bonchev–Trinajstić information content (AvgIpc) is 2.69. The molecule has 0 radical (unpaired) electrons. The van der Waals surface area contributed by atoms with Gasteiger partial charge in [-0.05, 0) is 55.6 Å². The van der Waals surface area contributed by atoms with Crippen molar-refractivity contribution in [2.75, 3.05) is 19.0 Å². The van der Waals surface area contributed by atoms with Crippen LogP contribution in [0.25, 0.3) is 0 Å². The first-order valence-electron chi connectivity index (χ1n) is 9.78. The fourth-order valence-corrected chi connectivity index (χ4v) is 3.84. The molecule has 1 saturated heterocycles. The van der Waals surface area contributed by atoms with Crippen LogP contribution in [-0.4, -0.2) is 30.6 Å². The summed E-state index contributed by atoms with van der Waals surface area (Å²) in [7, 11) is 1.59. The number of hydrogen-bond donors (Lipinski definition) is 2. The van der Waals surface area contributed by atoms with E-state index < -0.39 is 0 Å². The Morgan fingerprint density at radius 1 is 1.25 bits per heavy atom. The Morgan fingerprint density at radius 3 is 2.75 bits per heavy atom. The van der Waals surface area contributed by atoms with E-state index >= 15 is 0 Å². The van der Waals surface area contributed by atoms with Gasteiger partial charge in [-0.1, -0.05) is 42.3 Å². The highest BCUT2D eigenvalue weighted by atomic mass is 35.5. The summed E-state index contributed by atoms with van der Waals surface area (Å²) >= 11 is 6.16. The number of likely N-dealkylation sites (tertiary alicyclic amines) is 1. The van der Waals surface area contributed by atoms with Crippen LogP contribution in [0.2, 0.25) is 5.02 Å². The largest absolute Gasteiger partial charge is 0.495 e. The molecule has 0 bridgehead atoms. The number of rotatable bonds is 6. The van der Waals surface area contributed by atoms with Crippen LogP contribution in [0.4, 0.5) is 5.69 Å². The van der Waals surface area contributed by atoms with Crippen molar-refractivity contribution in [2.24, 2.45) is 10.7 Å². The van der Waals surface area contributed by atoms with Gasteiger partial charge < -0.3 is 15.8 Å². The van der Waals surface area contributed by atoms with E-state index in [9.17, 15) is 0 Å². The van der Waals surface area contributed by atoms with Crippen LogP contribution in [-0.2, 0) is 13.1 Å². The number of aliphatic imine (C=N–C) groups is 1. The summed E-state index contributed by atoms with van der Waals surface area (Å²) in [6.45, 7) is 5.00. The second kappa shape index (κ2) is 9.80. The lowest BCUT2D eigenvalue weighted by Crippen LogP contribution is -2.37. The number of ether oxygens (including phenoxy) is 1. The van der Waals surface area contributed by atoms with E-state index in [0.29, 0.717) is 29.3 Å². The number of benzene rings is 2. The van der Waals surface area contributed by atoms with E-state index in [-0.39, 0.29) is 0 Å². The Balaban J connectivity index is 1.65.